The van der Waals surface area contributed by atoms with Gasteiger partial charge in [-0.15, -0.1) is 0 Å². The molecular weight excluding hydrogens is 354 g/mol. The molecule has 0 fully saturated rings. The molecule has 0 saturated carbocycles. The lowest BCUT2D eigenvalue weighted by Gasteiger charge is -2.08. The Morgan fingerprint density at radius 2 is 2.07 bits per heavy atom. The summed E-state index contributed by atoms with van der Waals surface area (Å²) in [6, 6.07) is 12.5. The number of hydrogen-bond acceptors (Lipinski definition) is 7. The fourth-order valence-corrected chi connectivity index (χ4v) is 2.59. The number of ether oxygens (including phenoxy) is 1. The quantitative estimate of drug-likeness (QED) is 0.321. The average Bonchev–Trinajstić information content (AvgIpc) is 3.05. The highest BCUT2D eigenvalue weighted by molar-refractivity contribution is 5.96. The Labute approximate surface area is 151 Å². The number of amides is 1. The van der Waals surface area contributed by atoms with Crippen LogP contribution in [-0.4, -0.2) is 24.2 Å². The van der Waals surface area contributed by atoms with Gasteiger partial charge in [0.1, 0.15) is 17.9 Å². The molecule has 1 amide bonds. The number of benzene rings is 2. The molecule has 136 valence electrons. The maximum atomic E-state index is 12.2. The zero-order chi connectivity index (χ0) is 18.8. The van der Waals surface area contributed by atoms with Gasteiger partial charge in [-0.3, -0.25) is 9.42 Å². The molecule has 0 aliphatic carbocycles. The first-order chi connectivity index (χ1) is 13.1. The summed E-state index contributed by atoms with van der Waals surface area (Å²) in [4.78, 5) is 23.6. The monoisotopic (exact) mass is 367 g/mol. The van der Waals surface area contributed by atoms with Gasteiger partial charge in [0.15, 0.2) is 0 Å². The first-order valence-electron chi connectivity index (χ1n) is 8.04. The van der Waals surface area contributed by atoms with Crippen LogP contribution in [0.1, 0.15) is 10.4 Å². The van der Waals surface area contributed by atoms with Crippen LogP contribution in [0.2, 0.25) is 0 Å². The van der Waals surface area contributed by atoms with E-state index in [1.165, 1.54) is 24.3 Å². The third-order valence-electron chi connectivity index (χ3n) is 3.89. The molecule has 2 heterocycles. The number of aromatic nitrogens is 2. The second kappa shape index (κ2) is 6.79. The summed E-state index contributed by atoms with van der Waals surface area (Å²) in [5.74, 6) is 0.274. The maximum absolute atomic E-state index is 12.2. The molecule has 0 radical (unpaired) electrons. The zero-order valence-corrected chi connectivity index (χ0v) is 13.9. The van der Waals surface area contributed by atoms with E-state index in [1.54, 1.807) is 24.3 Å². The second-order valence-corrected chi connectivity index (χ2v) is 5.69. The van der Waals surface area contributed by atoms with Gasteiger partial charge in [0.25, 0.3) is 5.91 Å². The number of rotatable bonds is 5. The Balaban J connectivity index is 1.34. The van der Waals surface area contributed by atoms with Crippen LogP contribution in [-0.2, 0) is 0 Å². The molecule has 9 nitrogen and oxygen atoms in total. The molecule has 2 aromatic heterocycles. The summed E-state index contributed by atoms with van der Waals surface area (Å²) < 4.78 is 15.1. The van der Waals surface area contributed by atoms with Crippen molar-refractivity contribution in [3.8, 4) is 5.75 Å². The molecule has 0 saturated heterocycles. The lowest BCUT2D eigenvalue weighted by Crippen LogP contribution is -2.28. The average molecular weight is 367 g/mol. The summed E-state index contributed by atoms with van der Waals surface area (Å²) in [5.41, 5.74) is 0.981. The largest absolute Gasteiger partial charge is 0.492 e. The van der Waals surface area contributed by atoms with Crippen molar-refractivity contribution in [2.75, 3.05) is 13.2 Å². The zero-order valence-electron chi connectivity index (χ0n) is 13.9. The molecule has 0 aliphatic rings. The molecule has 27 heavy (non-hydrogen) atoms. The van der Waals surface area contributed by atoms with Crippen molar-refractivity contribution in [3.63, 3.8) is 0 Å². The molecule has 4 aromatic rings. The van der Waals surface area contributed by atoms with Crippen molar-refractivity contribution in [3.05, 3.63) is 69.7 Å². The molecule has 0 atom stereocenters. The van der Waals surface area contributed by atoms with E-state index in [4.69, 9.17) is 9.15 Å². The van der Waals surface area contributed by atoms with Crippen LogP contribution in [0, 0.1) is 5.21 Å². The highest BCUT2D eigenvalue weighted by Gasteiger charge is 2.13. The van der Waals surface area contributed by atoms with E-state index in [0.717, 1.165) is 5.39 Å². The van der Waals surface area contributed by atoms with Crippen molar-refractivity contribution < 1.29 is 23.5 Å². The Kier molecular flexibility index (Phi) is 4.17. The maximum Gasteiger partial charge on any atom is 0.336 e. The van der Waals surface area contributed by atoms with Gasteiger partial charge in [0, 0.05) is 28.2 Å². The predicted octanol–water partition coefficient (Wildman–Crippen LogP) is 1.38. The number of carbonyl (C=O) groups excluding carboxylic acids is 1. The van der Waals surface area contributed by atoms with Crippen molar-refractivity contribution in [1.29, 1.82) is 0 Å². The van der Waals surface area contributed by atoms with E-state index in [1.807, 2.05) is 0 Å². The van der Waals surface area contributed by atoms with Gasteiger partial charge in [0.05, 0.1) is 6.54 Å². The van der Waals surface area contributed by atoms with E-state index in [9.17, 15) is 14.8 Å². The lowest BCUT2D eigenvalue weighted by molar-refractivity contribution is -0.782. The van der Waals surface area contributed by atoms with E-state index < -0.39 is 5.63 Å². The number of nitrogens with one attached hydrogen (secondary N) is 1. The van der Waals surface area contributed by atoms with Crippen molar-refractivity contribution in [2.45, 2.75) is 0 Å². The first-order valence-corrected chi connectivity index (χ1v) is 8.04. The minimum atomic E-state index is -0.409. The van der Waals surface area contributed by atoms with E-state index >= 15 is 0 Å². The highest BCUT2D eigenvalue weighted by Crippen LogP contribution is 2.19. The second-order valence-electron chi connectivity index (χ2n) is 5.69. The Morgan fingerprint density at radius 1 is 1.19 bits per heavy atom. The number of nitrogens with zero attached hydrogens (tertiary/aromatic N) is 2. The first kappa shape index (κ1) is 16.6. The molecule has 0 aliphatic heterocycles. The minimum Gasteiger partial charge on any atom is -0.492 e. The minimum absolute atomic E-state index is 0.251. The van der Waals surface area contributed by atoms with Gasteiger partial charge in [0.2, 0.25) is 11.0 Å². The summed E-state index contributed by atoms with van der Waals surface area (Å²) in [7, 11) is 0. The summed E-state index contributed by atoms with van der Waals surface area (Å²) >= 11 is 0. The van der Waals surface area contributed by atoms with Gasteiger partial charge >= 0.3 is 5.63 Å². The normalized spacial score (nSPS) is 11.0. The van der Waals surface area contributed by atoms with Crippen molar-refractivity contribution in [2.24, 2.45) is 0 Å². The van der Waals surface area contributed by atoms with Crippen LogP contribution in [0.3, 0.4) is 0 Å². The predicted molar refractivity (Wildman–Crippen MR) is 93.3 cm³/mol. The molecule has 4 rings (SSSR count). The Bertz CT molecular complexity index is 1200. The summed E-state index contributed by atoms with van der Waals surface area (Å²) in [5, 5.41) is 18.3. The smallest absolute Gasteiger partial charge is 0.336 e. The number of fused-ring (bicyclic) bond motifs is 2. The fraction of sp³-hybridized carbons (Fsp3) is 0.111. The fourth-order valence-electron chi connectivity index (χ4n) is 2.59. The van der Waals surface area contributed by atoms with Crippen LogP contribution in [0.15, 0.2) is 62.4 Å². The Hall–Kier alpha value is -3.88. The van der Waals surface area contributed by atoms with E-state index in [2.05, 4.69) is 15.1 Å². The van der Waals surface area contributed by atoms with Gasteiger partial charge in [-0.25, -0.2) is 4.79 Å². The van der Waals surface area contributed by atoms with Crippen molar-refractivity contribution in [1.82, 2.24) is 10.5 Å². The molecule has 0 unspecified atom stereocenters. The molecular formula is C18H13N3O6. The van der Waals surface area contributed by atoms with Crippen LogP contribution < -0.4 is 20.6 Å². The van der Waals surface area contributed by atoms with Gasteiger partial charge in [-0.2, -0.15) is 0 Å². The van der Waals surface area contributed by atoms with Crippen LogP contribution in [0.4, 0.5) is 0 Å². The van der Waals surface area contributed by atoms with E-state index in [-0.39, 0.29) is 29.5 Å². The topological polar surface area (TPSA) is 122 Å². The molecule has 0 bridgehead atoms. The summed E-state index contributed by atoms with van der Waals surface area (Å²) in [6.07, 6.45) is 0. The molecule has 2 aromatic carbocycles. The number of hydrogen-bond donors (Lipinski definition) is 1. The highest BCUT2D eigenvalue weighted by atomic mass is 16.8. The SMILES string of the molecule is O=C(NCCOc1ccc2oc(=O)ccc2c1)c1ccc2c(c1)no[n+]2[O-]. The third kappa shape index (κ3) is 3.43. The Morgan fingerprint density at radius 3 is 2.96 bits per heavy atom. The van der Waals surface area contributed by atoms with Gasteiger partial charge in [-0.05, 0) is 41.3 Å². The molecule has 0 spiro atoms. The van der Waals surface area contributed by atoms with Crippen LogP contribution >= 0.6 is 0 Å². The third-order valence-corrected chi connectivity index (χ3v) is 3.89. The summed E-state index contributed by atoms with van der Waals surface area (Å²) in [6.45, 7) is 0.528. The molecule has 1 N–H and O–H groups in total. The van der Waals surface area contributed by atoms with E-state index in [0.29, 0.717) is 22.4 Å². The molecule has 9 heteroatoms. The van der Waals surface area contributed by atoms with Crippen molar-refractivity contribution >= 4 is 27.9 Å². The lowest BCUT2D eigenvalue weighted by atomic mass is 10.2. The van der Waals surface area contributed by atoms with Crippen LogP contribution in [0.25, 0.3) is 22.0 Å². The standard InChI is InChI=1S/C18H13N3O6/c22-17-6-2-11-9-13(3-5-16(11)26-17)25-8-7-19-18(23)12-1-4-15-14(10-12)20-27-21(15)24/h1-6,9-10H,7-8H2,(H,19,23). The van der Waals surface area contributed by atoms with Gasteiger partial charge in [-0.1, -0.05) is 0 Å². The van der Waals surface area contributed by atoms with Gasteiger partial charge < -0.3 is 19.7 Å². The van der Waals surface area contributed by atoms with Crippen LogP contribution in [0.5, 0.6) is 5.75 Å². The number of carbonyl (C=O) groups is 1.